The zero-order valence-corrected chi connectivity index (χ0v) is 22.3. The van der Waals surface area contributed by atoms with Gasteiger partial charge in [-0.1, -0.05) is 12.1 Å². The van der Waals surface area contributed by atoms with Gasteiger partial charge in [-0.15, -0.1) is 10.2 Å². The van der Waals surface area contributed by atoms with Crippen LogP contribution >= 0.6 is 0 Å². The van der Waals surface area contributed by atoms with Crippen molar-refractivity contribution < 1.29 is 51.5 Å². The number of hydrogen-bond acceptors (Lipinski definition) is 12. The van der Waals surface area contributed by atoms with Crippen LogP contribution in [-0.4, -0.2) is 66.7 Å². The van der Waals surface area contributed by atoms with Gasteiger partial charge >= 0.3 is 10.4 Å². The highest BCUT2D eigenvalue weighted by molar-refractivity contribution is 7.91. The van der Waals surface area contributed by atoms with Crippen molar-refractivity contribution in [3.63, 3.8) is 0 Å². The fourth-order valence-corrected chi connectivity index (χ4v) is 5.96. The minimum atomic E-state index is -5.04. The maximum Gasteiger partial charge on any atom is 0.397 e. The van der Waals surface area contributed by atoms with Crippen molar-refractivity contribution in [3.8, 4) is 0 Å². The van der Waals surface area contributed by atoms with Gasteiger partial charge in [-0.25, -0.2) is 12.6 Å². The Morgan fingerprint density at radius 1 is 0.789 bits per heavy atom. The van der Waals surface area contributed by atoms with Crippen molar-refractivity contribution in [1.82, 2.24) is 0 Å². The summed E-state index contributed by atoms with van der Waals surface area (Å²) in [5, 5.41) is 11.4. The van der Waals surface area contributed by atoms with Crippen LogP contribution in [-0.2, 0) is 44.7 Å². The Bertz CT molecular complexity index is 1870. The van der Waals surface area contributed by atoms with Gasteiger partial charge in [0.15, 0.2) is 9.84 Å². The van der Waals surface area contributed by atoms with Crippen molar-refractivity contribution >= 4 is 68.3 Å². The van der Waals surface area contributed by atoms with Gasteiger partial charge in [0.1, 0.15) is 16.3 Å². The van der Waals surface area contributed by atoms with Crippen molar-refractivity contribution in [2.24, 2.45) is 10.2 Å². The maximum atomic E-state index is 12.5. The molecule has 4 N–H and O–H groups in total. The van der Waals surface area contributed by atoms with Crippen molar-refractivity contribution in [2.45, 2.75) is 14.7 Å². The minimum absolute atomic E-state index is 0.118. The molecule has 3 rings (SSSR count). The molecule has 0 aliphatic carbocycles. The average molecular weight is 610 g/mol. The fraction of sp³-hybridized carbons (Fsp3) is 0.158. The number of hydrogen-bond donors (Lipinski definition) is 4. The van der Waals surface area contributed by atoms with Crippen LogP contribution < -0.4 is 5.32 Å². The molecule has 0 radical (unpaired) electrons. The zero-order chi connectivity index (χ0) is 28.5. The molecule has 0 atom stereocenters. The second-order valence-corrected chi connectivity index (χ2v) is 13.5. The van der Waals surface area contributed by atoms with Crippen LogP contribution in [0.25, 0.3) is 10.8 Å². The van der Waals surface area contributed by atoms with Gasteiger partial charge in [0.05, 0.1) is 27.8 Å². The van der Waals surface area contributed by atoms with E-state index in [9.17, 15) is 42.8 Å². The molecule has 0 amide bonds. The Balaban J connectivity index is 2.09. The predicted octanol–water partition coefficient (Wildman–Crippen LogP) is 2.38. The number of benzene rings is 3. The lowest BCUT2D eigenvalue weighted by Crippen LogP contribution is -2.16. The number of sulfone groups is 1. The molecule has 0 fully saturated rings. The smallest absolute Gasteiger partial charge is 0.386 e. The Hall–Kier alpha value is -3.04. The largest absolute Gasteiger partial charge is 0.397 e. The predicted molar refractivity (Wildman–Crippen MR) is 133 cm³/mol. The standard InChI is InChI=1S/C19H19N3O12S4/c1-20-17-6-2-12-10-14(36(25,26)27)3-5-15(12)19(17)22-21-16-7-4-13(11-18(16)37(28,29)30)35(23,24)9-8-34-38(31,32)33/h2-7,10-11,20H,8-9H2,1H3,(H,25,26,27)(H,28,29,30)(H,31,32,33)/b22-21+. The first-order chi connectivity index (χ1) is 17.4. The summed E-state index contributed by atoms with van der Waals surface area (Å²) in [7, 11) is -17.2. The van der Waals surface area contributed by atoms with Gasteiger partial charge in [0.2, 0.25) is 0 Å². The molecule has 0 spiro atoms. The Kier molecular flexibility index (Phi) is 8.24. The van der Waals surface area contributed by atoms with E-state index in [2.05, 4.69) is 19.7 Å². The molecule has 0 aliphatic rings. The fourth-order valence-electron chi connectivity index (χ4n) is 3.21. The third kappa shape index (κ3) is 7.08. The second-order valence-electron chi connectivity index (χ2n) is 7.44. The molecule has 3 aromatic rings. The average Bonchev–Trinajstić information content (AvgIpc) is 2.79. The molecular weight excluding hydrogens is 590 g/mol. The summed E-state index contributed by atoms with van der Waals surface area (Å²) >= 11 is 0. The summed E-state index contributed by atoms with van der Waals surface area (Å²) in [5.74, 6) is -0.953. The van der Waals surface area contributed by atoms with Crippen LogP contribution in [0.15, 0.2) is 73.4 Å². The third-order valence-corrected chi connectivity index (χ3v) is 8.81. The van der Waals surface area contributed by atoms with Crippen molar-refractivity contribution in [1.29, 1.82) is 0 Å². The van der Waals surface area contributed by atoms with E-state index in [0.717, 1.165) is 18.2 Å². The second kappa shape index (κ2) is 10.6. The molecule has 0 saturated carbocycles. The first-order valence-corrected chi connectivity index (χ1v) is 15.9. The number of nitrogens with zero attached hydrogens (tertiary/aromatic N) is 2. The molecule has 0 aliphatic heterocycles. The highest BCUT2D eigenvalue weighted by Crippen LogP contribution is 2.37. The van der Waals surface area contributed by atoms with E-state index in [-0.39, 0.29) is 10.6 Å². The van der Waals surface area contributed by atoms with Gasteiger partial charge in [-0.2, -0.15) is 25.3 Å². The number of fused-ring (bicyclic) bond motifs is 1. The van der Waals surface area contributed by atoms with E-state index < -0.39 is 68.3 Å². The molecule has 206 valence electrons. The van der Waals surface area contributed by atoms with E-state index >= 15 is 0 Å². The molecule has 15 nitrogen and oxygen atoms in total. The molecule has 0 saturated heterocycles. The van der Waals surface area contributed by atoms with Gasteiger partial charge in [0, 0.05) is 12.4 Å². The SMILES string of the molecule is CNc1ccc2cc(S(=O)(=O)O)ccc2c1/N=N/c1ccc(S(=O)(=O)CCOS(=O)(=O)O)cc1S(=O)(=O)O. The number of anilines is 1. The topological polar surface area (TPSA) is 243 Å². The lowest BCUT2D eigenvalue weighted by Gasteiger charge is -2.10. The van der Waals surface area contributed by atoms with Crippen LogP contribution in [0.4, 0.5) is 17.1 Å². The van der Waals surface area contributed by atoms with E-state index in [0.29, 0.717) is 22.5 Å². The molecule has 0 unspecified atom stereocenters. The Labute approximate surface area is 217 Å². The Morgan fingerprint density at radius 2 is 1.45 bits per heavy atom. The first kappa shape index (κ1) is 29.5. The van der Waals surface area contributed by atoms with E-state index in [4.69, 9.17) is 4.55 Å². The zero-order valence-electron chi connectivity index (χ0n) is 19.1. The quantitative estimate of drug-likeness (QED) is 0.191. The third-order valence-electron chi connectivity index (χ3n) is 4.94. The van der Waals surface area contributed by atoms with Crippen molar-refractivity contribution in [3.05, 3.63) is 48.5 Å². The van der Waals surface area contributed by atoms with Crippen molar-refractivity contribution in [2.75, 3.05) is 24.7 Å². The van der Waals surface area contributed by atoms with Gasteiger partial charge in [-0.05, 0) is 41.8 Å². The van der Waals surface area contributed by atoms with Crippen LogP contribution in [0, 0.1) is 0 Å². The minimum Gasteiger partial charge on any atom is -0.386 e. The molecule has 3 aromatic carbocycles. The molecular formula is C19H19N3O12S4. The number of azo groups is 1. The summed E-state index contributed by atoms with van der Waals surface area (Å²) < 4.78 is 125. The summed E-state index contributed by atoms with van der Waals surface area (Å²) in [4.78, 5) is -1.93. The summed E-state index contributed by atoms with van der Waals surface area (Å²) in [6.45, 7) is -0.961. The van der Waals surface area contributed by atoms with Gasteiger partial charge in [0.25, 0.3) is 20.2 Å². The van der Waals surface area contributed by atoms with Gasteiger partial charge < -0.3 is 5.32 Å². The van der Waals surface area contributed by atoms with Crippen LogP contribution in [0.3, 0.4) is 0 Å². The monoisotopic (exact) mass is 609 g/mol. The van der Waals surface area contributed by atoms with E-state index in [1.165, 1.54) is 24.3 Å². The highest BCUT2D eigenvalue weighted by atomic mass is 32.3. The lowest BCUT2D eigenvalue weighted by atomic mass is 10.1. The number of nitrogens with one attached hydrogen (secondary N) is 1. The Morgan fingerprint density at radius 3 is 2.03 bits per heavy atom. The van der Waals surface area contributed by atoms with E-state index in [1.807, 2.05) is 0 Å². The molecule has 0 bridgehead atoms. The molecule has 19 heteroatoms. The first-order valence-electron chi connectivity index (χ1n) is 10.0. The lowest BCUT2D eigenvalue weighted by molar-refractivity contribution is 0.284. The van der Waals surface area contributed by atoms with E-state index in [1.54, 1.807) is 7.05 Å². The van der Waals surface area contributed by atoms with Gasteiger partial charge in [-0.3, -0.25) is 13.7 Å². The maximum absolute atomic E-state index is 12.5. The summed E-state index contributed by atoms with van der Waals surface area (Å²) in [6.07, 6.45) is 0. The highest BCUT2D eigenvalue weighted by Gasteiger charge is 2.23. The normalized spacial score (nSPS) is 13.3. The summed E-state index contributed by atoms with van der Waals surface area (Å²) in [6, 6.07) is 9.14. The molecule has 38 heavy (non-hydrogen) atoms. The van der Waals surface area contributed by atoms with Crippen LogP contribution in [0.5, 0.6) is 0 Å². The summed E-state index contributed by atoms with van der Waals surface area (Å²) in [5.41, 5.74) is 0.0359. The number of rotatable bonds is 10. The molecule has 0 heterocycles. The molecule has 0 aromatic heterocycles. The van der Waals surface area contributed by atoms with Crippen LogP contribution in [0.1, 0.15) is 0 Å². The van der Waals surface area contributed by atoms with Crippen LogP contribution in [0.2, 0.25) is 0 Å².